The summed E-state index contributed by atoms with van der Waals surface area (Å²) in [7, 11) is 1.72. The molecule has 1 aromatic carbocycles. The van der Waals surface area contributed by atoms with Crippen LogP contribution in [0, 0.1) is 0 Å². The second-order valence-corrected chi connectivity index (χ2v) is 5.53. The lowest BCUT2D eigenvalue weighted by Gasteiger charge is -2.17. The van der Waals surface area contributed by atoms with Crippen LogP contribution in [0.25, 0.3) is 0 Å². The smallest absolute Gasteiger partial charge is 0.265 e. The molecule has 0 radical (unpaired) electrons. The number of hydrogen-bond acceptors (Lipinski definition) is 4. The Labute approximate surface area is 126 Å². The molecule has 106 valence electrons. The molecule has 0 bridgehead atoms. The van der Waals surface area contributed by atoms with Gasteiger partial charge in [0.15, 0.2) is 0 Å². The molecule has 1 aromatic heterocycles. The number of para-hydroxylation sites is 1. The van der Waals surface area contributed by atoms with Crippen molar-refractivity contribution in [1.82, 2.24) is 4.90 Å². The molecule has 0 fully saturated rings. The Morgan fingerprint density at radius 3 is 2.80 bits per heavy atom. The van der Waals surface area contributed by atoms with Gasteiger partial charge in [-0.1, -0.05) is 23.7 Å². The molecule has 2 aromatic rings. The maximum Gasteiger partial charge on any atom is 0.265 e. The third-order valence-corrected chi connectivity index (χ3v) is 3.99. The number of likely N-dealkylation sites (N-methyl/N-ethyl adjacent to an activating group) is 1. The first-order valence-corrected chi connectivity index (χ1v) is 7.31. The standard InChI is InChI=1S/C14H15ClN2O2S/c1-17(14(18)13-11(16)6-9-20-13)7-8-19-12-5-3-2-4-10(12)15/h2-6,9H,7-8,16H2,1H3. The molecule has 1 amide bonds. The predicted octanol–water partition coefficient (Wildman–Crippen LogP) is 3.13. The summed E-state index contributed by atoms with van der Waals surface area (Å²) in [6.45, 7) is 0.832. The predicted molar refractivity (Wildman–Crippen MR) is 82.6 cm³/mol. The van der Waals surface area contributed by atoms with Gasteiger partial charge in [-0.05, 0) is 23.6 Å². The highest BCUT2D eigenvalue weighted by atomic mass is 35.5. The second kappa shape index (κ2) is 6.63. The van der Waals surface area contributed by atoms with Gasteiger partial charge >= 0.3 is 0 Å². The average Bonchev–Trinajstić information content (AvgIpc) is 2.86. The molecule has 0 aliphatic heterocycles. The molecule has 0 saturated carbocycles. The van der Waals surface area contributed by atoms with Gasteiger partial charge in [-0.3, -0.25) is 4.79 Å². The SMILES string of the molecule is CN(CCOc1ccccc1Cl)C(=O)c1sccc1N. The van der Waals surface area contributed by atoms with Crippen molar-refractivity contribution in [3.8, 4) is 5.75 Å². The number of thiophene rings is 1. The maximum absolute atomic E-state index is 12.1. The highest BCUT2D eigenvalue weighted by molar-refractivity contribution is 7.12. The lowest BCUT2D eigenvalue weighted by molar-refractivity contribution is 0.0779. The van der Waals surface area contributed by atoms with Gasteiger partial charge < -0.3 is 15.4 Å². The summed E-state index contributed by atoms with van der Waals surface area (Å²) in [5.74, 6) is 0.519. The molecular weight excluding hydrogens is 296 g/mol. The van der Waals surface area contributed by atoms with E-state index in [9.17, 15) is 4.79 Å². The molecule has 0 aliphatic carbocycles. The first-order valence-electron chi connectivity index (χ1n) is 6.05. The fraction of sp³-hybridized carbons (Fsp3) is 0.214. The Morgan fingerprint density at radius 1 is 1.40 bits per heavy atom. The summed E-state index contributed by atoms with van der Waals surface area (Å²) >= 11 is 7.32. The molecule has 0 atom stereocenters. The number of anilines is 1. The summed E-state index contributed by atoms with van der Waals surface area (Å²) in [6.07, 6.45) is 0. The minimum Gasteiger partial charge on any atom is -0.490 e. The first-order chi connectivity index (χ1) is 9.59. The van der Waals surface area contributed by atoms with Crippen LogP contribution in [0.2, 0.25) is 5.02 Å². The molecule has 0 aliphatic rings. The Balaban J connectivity index is 1.87. The van der Waals surface area contributed by atoms with Gasteiger partial charge in [0.2, 0.25) is 0 Å². The van der Waals surface area contributed by atoms with E-state index >= 15 is 0 Å². The molecule has 1 heterocycles. The van der Waals surface area contributed by atoms with Gasteiger partial charge in [0.1, 0.15) is 17.2 Å². The molecule has 0 spiro atoms. The van der Waals surface area contributed by atoms with Crippen LogP contribution >= 0.6 is 22.9 Å². The quantitative estimate of drug-likeness (QED) is 0.923. The normalized spacial score (nSPS) is 10.3. The number of benzene rings is 1. The molecule has 20 heavy (non-hydrogen) atoms. The Kier molecular flexibility index (Phi) is 4.87. The minimum absolute atomic E-state index is 0.0970. The number of nitrogens with zero attached hydrogens (tertiary/aromatic N) is 1. The van der Waals surface area contributed by atoms with Crippen molar-refractivity contribution < 1.29 is 9.53 Å². The van der Waals surface area contributed by atoms with Crippen LogP contribution in [-0.4, -0.2) is 31.0 Å². The van der Waals surface area contributed by atoms with Crippen LogP contribution in [0.15, 0.2) is 35.7 Å². The Hall–Kier alpha value is -1.72. The van der Waals surface area contributed by atoms with Crippen LogP contribution in [0.3, 0.4) is 0 Å². The molecule has 0 unspecified atom stereocenters. The largest absolute Gasteiger partial charge is 0.490 e. The number of halogens is 1. The highest BCUT2D eigenvalue weighted by Crippen LogP contribution is 2.23. The molecule has 2 rings (SSSR count). The van der Waals surface area contributed by atoms with Gasteiger partial charge in [0, 0.05) is 7.05 Å². The number of hydrogen-bond donors (Lipinski definition) is 1. The number of ether oxygens (including phenoxy) is 1. The summed E-state index contributed by atoms with van der Waals surface area (Å²) in [4.78, 5) is 14.3. The highest BCUT2D eigenvalue weighted by Gasteiger charge is 2.15. The first kappa shape index (κ1) is 14.7. The van der Waals surface area contributed by atoms with Gasteiger partial charge in [0.25, 0.3) is 5.91 Å². The van der Waals surface area contributed by atoms with Gasteiger partial charge in [-0.15, -0.1) is 11.3 Å². The van der Waals surface area contributed by atoms with Crippen LogP contribution in [0.1, 0.15) is 9.67 Å². The topological polar surface area (TPSA) is 55.6 Å². The monoisotopic (exact) mass is 310 g/mol. The number of nitrogens with two attached hydrogens (primary N) is 1. The minimum atomic E-state index is -0.0970. The number of nitrogen functional groups attached to an aromatic ring is 1. The number of carbonyl (C=O) groups excluding carboxylic acids is 1. The lowest BCUT2D eigenvalue weighted by Crippen LogP contribution is -2.30. The summed E-state index contributed by atoms with van der Waals surface area (Å²) in [5.41, 5.74) is 6.25. The van der Waals surface area contributed by atoms with Crippen molar-refractivity contribution in [2.24, 2.45) is 0 Å². The van der Waals surface area contributed by atoms with E-state index in [-0.39, 0.29) is 5.91 Å². The lowest BCUT2D eigenvalue weighted by atomic mass is 10.3. The zero-order chi connectivity index (χ0) is 14.5. The van der Waals surface area contributed by atoms with Crippen LogP contribution in [0.5, 0.6) is 5.75 Å². The summed E-state index contributed by atoms with van der Waals surface area (Å²) in [5, 5.41) is 2.36. The Morgan fingerprint density at radius 2 is 2.15 bits per heavy atom. The molecule has 4 nitrogen and oxygen atoms in total. The fourth-order valence-corrected chi connectivity index (χ4v) is 2.62. The van der Waals surface area contributed by atoms with E-state index < -0.39 is 0 Å². The third kappa shape index (κ3) is 3.43. The molecule has 6 heteroatoms. The van der Waals surface area contributed by atoms with Gasteiger partial charge in [0.05, 0.1) is 17.3 Å². The number of carbonyl (C=O) groups is 1. The third-order valence-electron chi connectivity index (χ3n) is 2.76. The van der Waals surface area contributed by atoms with Crippen molar-refractivity contribution in [2.45, 2.75) is 0 Å². The van der Waals surface area contributed by atoms with Crippen molar-refractivity contribution in [1.29, 1.82) is 0 Å². The maximum atomic E-state index is 12.1. The average molecular weight is 311 g/mol. The second-order valence-electron chi connectivity index (χ2n) is 4.21. The van der Waals surface area contributed by atoms with E-state index in [0.717, 1.165) is 0 Å². The molecule has 0 saturated heterocycles. The van der Waals surface area contributed by atoms with Crippen molar-refractivity contribution in [3.05, 3.63) is 45.6 Å². The van der Waals surface area contributed by atoms with Gasteiger partial charge in [-0.2, -0.15) is 0 Å². The molecular formula is C14H15ClN2O2S. The number of amides is 1. The van der Waals surface area contributed by atoms with E-state index in [1.54, 1.807) is 35.5 Å². The van der Waals surface area contributed by atoms with E-state index in [4.69, 9.17) is 22.1 Å². The summed E-state index contributed by atoms with van der Waals surface area (Å²) in [6, 6.07) is 8.97. The fourth-order valence-electron chi connectivity index (χ4n) is 1.62. The van der Waals surface area contributed by atoms with Crippen molar-refractivity contribution in [2.75, 3.05) is 25.9 Å². The Bertz CT molecular complexity index is 600. The van der Waals surface area contributed by atoms with E-state index in [1.165, 1.54) is 11.3 Å². The summed E-state index contributed by atoms with van der Waals surface area (Å²) < 4.78 is 5.55. The molecule has 2 N–H and O–H groups in total. The number of rotatable bonds is 5. The van der Waals surface area contributed by atoms with Gasteiger partial charge in [-0.25, -0.2) is 0 Å². The van der Waals surface area contributed by atoms with Crippen molar-refractivity contribution >= 4 is 34.5 Å². The van der Waals surface area contributed by atoms with Crippen molar-refractivity contribution in [3.63, 3.8) is 0 Å². The zero-order valence-corrected chi connectivity index (χ0v) is 12.6. The van der Waals surface area contributed by atoms with Crippen LogP contribution in [-0.2, 0) is 0 Å². The van der Waals surface area contributed by atoms with E-state index in [1.807, 2.05) is 12.1 Å². The zero-order valence-electron chi connectivity index (χ0n) is 11.0. The van der Waals surface area contributed by atoms with Crippen LogP contribution < -0.4 is 10.5 Å². The van der Waals surface area contributed by atoms with E-state index in [0.29, 0.717) is 34.5 Å². The van der Waals surface area contributed by atoms with E-state index in [2.05, 4.69) is 0 Å². The van der Waals surface area contributed by atoms with Crippen LogP contribution in [0.4, 0.5) is 5.69 Å².